The van der Waals surface area contributed by atoms with Crippen LogP contribution in [0, 0.1) is 5.92 Å². The fourth-order valence-corrected chi connectivity index (χ4v) is 3.39. The van der Waals surface area contributed by atoms with Crippen molar-refractivity contribution < 1.29 is 4.74 Å². The van der Waals surface area contributed by atoms with Gasteiger partial charge in [-0.3, -0.25) is 19.5 Å². The van der Waals surface area contributed by atoms with Gasteiger partial charge >= 0.3 is 0 Å². The number of aromatic nitrogens is 4. The largest absolute Gasteiger partial charge is 0.376 e. The van der Waals surface area contributed by atoms with Crippen molar-refractivity contribution in [2.75, 3.05) is 13.2 Å². The summed E-state index contributed by atoms with van der Waals surface area (Å²) < 4.78 is 8.09. The first-order chi connectivity index (χ1) is 12.9. The van der Waals surface area contributed by atoms with Crippen LogP contribution in [0.4, 0.5) is 0 Å². The van der Waals surface area contributed by atoms with Gasteiger partial charge in [0, 0.05) is 56.9 Å². The molecule has 0 saturated heterocycles. The van der Waals surface area contributed by atoms with Gasteiger partial charge in [0.05, 0.1) is 24.6 Å². The summed E-state index contributed by atoms with van der Waals surface area (Å²) in [6.45, 7) is 4.87. The monoisotopic (exact) mass is 349 g/mol. The molecule has 3 aromatic rings. The molecular formula is C20H23N5O. The molecule has 1 aliphatic heterocycles. The summed E-state index contributed by atoms with van der Waals surface area (Å²) in [5.41, 5.74) is 3.44. The molecule has 26 heavy (non-hydrogen) atoms. The molecule has 0 aliphatic carbocycles. The minimum atomic E-state index is 0.386. The molecule has 0 radical (unpaired) electrons. The lowest BCUT2D eigenvalue weighted by atomic mass is 10.1. The van der Waals surface area contributed by atoms with Gasteiger partial charge in [0.15, 0.2) is 0 Å². The van der Waals surface area contributed by atoms with E-state index in [9.17, 15) is 0 Å². The molecule has 0 bridgehead atoms. The lowest BCUT2D eigenvalue weighted by molar-refractivity contribution is 0.0653. The predicted molar refractivity (Wildman–Crippen MR) is 98.0 cm³/mol. The molecule has 1 aliphatic rings. The summed E-state index contributed by atoms with van der Waals surface area (Å²) in [7, 11) is 0. The van der Waals surface area contributed by atoms with E-state index in [0.717, 1.165) is 37.4 Å². The van der Waals surface area contributed by atoms with E-state index < -0.39 is 0 Å². The smallest absolute Gasteiger partial charge is 0.0731 e. The number of hydrogen-bond acceptors (Lipinski definition) is 5. The first-order valence-corrected chi connectivity index (χ1v) is 8.96. The fraction of sp³-hybridized carbons (Fsp3) is 0.350. The molecule has 0 unspecified atom stereocenters. The second-order valence-electron chi connectivity index (χ2n) is 6.74. The lowest BCUT2D eigenvalue weighted by Gasteiger charge is -2.23. The SMILES string of the molecule is c1ccc(CN2Cc3ccnn3C[C@@H](COCc3cccnc3)C2)nc1. The average molecular weight is 349 g/mol. The number of rotatable bonds is 6. The summed E-state index contributed by atoms with van der Waals surface area (Å²) in [6, 6.07) is 12.2. The van der Waals surface area contributed by atoms with Crippen molar-refractivity contribution >= 4 is 0 Å². The minimum absolute atomic E-state index is 0.386. The summed E-state index contributed by atoms with van der Waals surface area (Å²) >= 11 is 0. The van der Waals surface area contributed by atoms with Gasteiger partial charge in [0.2, 0.25) is 0 Å². The van der Waals surface area contributed by atoms with Crippen molar-refractivity contribution in [1.82, 2.24) is 24.6 Å². The Balaban J connectivity index is 1.40. The van der Waals surface area contributed by atoms with Crippen molar-refractivity contribution in [2.45, 2.75) is 26.2 Å². The van der Waals surface area contributed by atoms with Gasteiger partial charge in [-0.2, -0.15) is 5.10 Å². The molecule has 6 heteroatoms. The molecule has 134 valence electrons. The molecule has 1 atom stereocenters. The minimum Gasteiger partial charge on any atom is -0.376 e. The summed E-state index contributed by atoms with van der Waals surface area (Å²) in [4.78, 5) is 11.0. The number of nitrogens with zero attached hydrogens (tertiary/aromatic N) is 5. The van der Waals surface area contributed by atoms with Gasteiger partial charge in [-0.1, -0.05) is 12.1 Å². The zero-order chi connectivity index (χ0) is 17.6. The Morgan fingerprint density at radius 2 is 2.04 bits per heavy atom. The molecule has 4 rings (SSSR count). The highest BCUT2D eigenvalue weighted by Gasteiger charge is 2.22. The molecule has 0 amide bonds. The van der Waals surface area contributed by atoms with E-state index in [1.807, 2.05) is 42.9 Å². The van der Waals surface area contributed by atoms with Crippen LogP contribution in [0.25, 0.3) is 0 Å². The highest BCUT2D eigenvalue weighted by Crippen LogP contribution is 2.18. The molecule has 0 N–H and O–H groups in total. The Morgan fingerprint density at radius 1 is 1.04 bits per heavy atom. The third-order valence-electron chi connectivity index (χ3n) is 4.59. The zero-order valence-corrected chi connectivity index (χ0v) is 14.7. The van der Waals surface area contributed by atoms with Crippen LogP contribution in [0.15, 0.2) is 61.2 Å². The van der Waals surface area contributed by atoms with E-state index in [4.69, 9.17) is 4.74 Å². The van der Waals surface area contributed by atoms with Crippen LogP contribution in [0.1, 0.15) is 17.0 Å². The third-order valence-corrected chi connectivity index (χ3v) is 4.59. The second kappa shape index (κ2) is 8.21. The molecular weight excluding hydrogens is 326 g/mol. The van der Waals surface area contributed by atoms with Crippen LogP contribution >= 0.6 is 0 Å². The lowest BCUT2D eigenvalue weighted by Crippen LogP contribution is -2.30. The normalized spacial score (nSPS) is 17.6. The van der Waals surface area contributed by atoms with Crippen LogP contribution in [0.2, 0.25) is 0 Å². The second-order valence-corrected chi connectivity index (χ2v) is 6.74. The Bertz CT molecular complexity index is 805. The number of hydrogen-bond donors (Lipinski definition) is 0. The molecule has 4 heterocycles. The highest BCUT2D eigenvalue weighted by atomic mass is 16.5. The van der Waals surface area contributed by atoms with E-state index >= 15 is 0 Å². The molecule has 6 nitrogen and oxygen atoms in total. The predicted octanol–water partition coefficient (Wildman–Crippen LogP) is 2.52. The molecule has 0 fully saturated rings. The molecule has 3 aromatic heterocycles. The van der Waals surface area contributed by atoms with Crippen molar-refractivity contribution in [3.63, 3.8) is 0 Å². The van der Waals surface area contributed by atoms with Crippen LogP contribution < -0.4 is 0 Å². The van der Waals surface area contributed by atoms with Gasteiger partial charge in [0.25, 0.3) is 0 Å². The Kier molecular flexibility index (Phi) is 5.33. The van der Waals surface area contributed by atoms with Crippen LogP contribution in [0.5, 0.6) is 0 Å². The summed E-state index contributed by atoms with van der Waals surface area (Å²) in [5.74, 6) is 0.386. The van der Waals surface area contributed by atoms with Crippen molar-refractivity contribution in [3.05, 3.63) is 78.1 Å². The van der Waals surface area contributed by atoms with E-state index in [1.54, 1.807) is 6.20 Å². The Morgan fingerprint density at radius 3 is 2.88 bits per heavy atom. The van der Waals surface area contributed by atoms with E-state index in [0.29, 0.717) is 19.1 Å². The molecule has 0 spiro atoms. The molecule has 0 saturated carbocycles. The summed E-state index contributed by atoms with van der Waals surface area (Å²) in [5, 5.41) is 4.48. The zero-order valence-electron chi connectivity index (χ0n) is 14.7. The first kappa shape index (κ1) is 16.9. The quantitative estimate of drug-likeness (QED) is 0.684. The van der Waals surface area contributed by atoms with Crippen molar-refractivity contribution in [3.8, 4) is 0 Å². The van der Waals surface area contributed by atoms with E-state index in [2.05, 4.69) is 36.8 Å². The highest BCUT2D eigenvalue weighted by molar-refractivity contribution is 5.07. The van der Waals surface area contributed by atoms with Gasteiger partial charge in [-0.25, -0.2) is 0 Å². The standard InChI is InChI=1S/C20H23N5O/c1-2-8-22-19(5-1)13-24-11-18(12-25-20(14-24)6-9-23-25)16-26-15-17-4-3-7-21-10-17/h1-10,18H,11-16H2/t18-/m0/s1. The maximum absolute atomic E-state index is 5.98. The van der Waals surface area contributed by atoms with Gasteiger partial charge in [-0.15, -0.1) is 0 Å². The topological polar surface area (TPSA) is 56.1 Å². The van der Waals surface area contributed by atoms with Gasteiger partial charge < -0.3 is 4.74 Å². The fourth-order valence-electron chi connectivity index (χ4n) is 3.39. The third kappa shape index (κ3) is 4.33. The van der Waals surface area contributed by atoms with Gasteiger partial charge in [-0.05, 0) is 29.8 Å². The van der Waals surface area contributed by atoms with Crippen molar-refractivity contribution in [2.24, 2.45) is 5.92 Å². The number of fused-ring (bicyclic) bond motifs is 1. The average Bonchev–Trinajstić information content (AvgIpc) is 3.03. The van der Waals surface area contributed by atoms with Crippen LogP contribution in [-0.2, 0) is 31.0 Å². The maximum Gasteiger partial charge on any atom is 0.0731 e. The Labute approximate surface area is 153 Å². The van der Waals surface area contributed by atoms with Crippen molar-refractivity contribution in [1.29, 1.82) is 0 Å². The number of pyridine rings is 2. The summed E-state index contributed by atoms with van der Waals surface area (Å²) in [6.07, 6.45) is 7.37. The first-order valence-electron chi connectivity index (χ1n) is 8.96. The number of ether oxygens (including phenoxy) is 1. The van der Waals surface area contributed by atoms with E-state index in [1.165, 1.54) is 5.69 Å². The van der Waals surface area contributed by atoms with Crippen LogP contribution in [-0.4, -0.2) is 37.8 Å². The Hall–Kier alpha value is -2.57. The van der Waals surface area contributed by atoms with Gasteiger partial charge in [0.1, 0.15) is 0 Å². The van der Waals surface area contributed by atoms with Crippen LogP contribution in [0.3, 0.4) is 0 Å². The van der Waals surface area contributed by atoms with E-state index in [-0.39, 0.29) is 0 Å². The molecule has 0 aromatic carbocycles. The maximum atomic E-state index is 5.98.